The quantitative estimate of drug-likeness (QED) is 0.939. The van der Waals surface area contributed by atoms with Crippen LogP contribution in [0.5, 0.6) is 0 Å². The van der Waals surface area contributed by atoms with E-state index in [2.05, 4.69) is 27.0 Å². The Morgan fingerprint density at radius 1 is 1.38 bits per heavy atom. The van der Waals surface area contributed by atoms with Crippen LogP contribution in [0.2, 0.25) is 0 Å². The van der Waals surface area contributed by atoms with Crippen LogP contribution in [0.3, 0.4) is 0 Å². The summed E-state index contributed by atoms with van der Waals surface area (Å²) < 4.78 is 7.96. The summed E-state index contributed by atoms with van der Waals surface area (Å²) in [6.07, 6.45) is 7.05. The molecule has 2 aromatic rings. The summed E-state index contributed by atoms with van der Waals surface area (Å²) in [5.41, 5.74) is 1.63. The number of hydrogen-bond donors (Lipinski definition) is 1. The van der Waals surface area contributed by atoms with Gasteiger partial charge in [-0.1, -0.05) is 12.1 Å². The van der Waals surface area contributed by atoms with Gasteiger partial charge in [-0.05, 0) is 50.8 Å². The van der Waals surface area contributed by atoms with Crippen LogP contribution in [0.25, 0.3) is 0 Å². The summed E-state index contributed by atoms with van der Waals surface area (Å²) in [5, 5.41) is 3.07. The number of aromatic nitrogens is 2. The lowest BCUT2D eigenvalue weighted by Gasteiger charge is -2.29. The fourth-order valence-electron chi connectivity index (χ4n) is 3.90. The first-order valence-corrected chi connectivity index (χ1v) is 8.58. The van der Waals surface area contributed by atoms with Gasteiger partial charge in [0.15, 0.2) is 0 Å². The molecule has 5 nitrogen and oxygen atoms in total. The lowest BCUT2D eigenvalue weighted by Crippen LogP contribution is -2.41. The van der Waals surface area contributed by atoms with Gasteiger partial charge in [0, 0.05) is 24.6 Å². The second kappa shape index (κ2) is 5.74. The number of nitrogens with one attached hydrogen (secondary N) is 1. The average molecular weight is 325 g/mol. The number of imidazole rings is 1. The highest BCUT2D eigenvalue weighted by atomic mass is 16.5. The molecule has 0 aliphatic carbocycles. The van der Waals surface area contributed by atoms with E-state index in [4.69, 9.17) is 4.74 Å². The van der Waals surface area contributed by atoms with E-state index in [-0.39, 0.29) is 18.1 Å². The standard InChI is InChI=1S/C19H23N3O2/c1-13-20-9-10-22(13)12-14-3-5-15(6-4-14)21-18(23)19(2)11-16-7-8-17(19)24-16/h3-6,9-10,16-17H,7-8,11-12H2,1-2H3,(H,21,23). The van der Waals surface area contributed by atoms with Gasteiger partial charge in [0.1, 0.15) is 5.82 Å². The topological polar surface area (TPSA) is 56.2 Å². The minimum Gasteiger partial charge on any atom is -0.374 e. The van der Waals surface area contributed by atoms with E-state index >= 15 is 0 Å². The van der Waals surface area contributed by atoms with Crippen molar-refractivity contribution in [2.75, 3.05) is 5.32 Å². The zero-order valence-corrected chi connectivity index (χ0v) is 14.2. The molecule has 2 bridgehead atoms. The first kappa shape index (κ1) is 15.4. The highest BCUT2D eigenvalue weighted by Crippen LogP contribution is 2.48. The molecule has 4 rings (SSSR count). The summed E-state index contributed by atoms with van der Waals surface area (Å²) in [6, 6.07) is 8.04. The molecule has 2 aliphatic heterocycles. The van der Waals surface area contributed by atoms with Gasteiger partial charge in [-0.15, -0.1) is 0 Å². The lowest BCUT2D eigenvalue weighted by molar-refractivity contribution is -0.127. The number of rotatable bonds is 4. The molecule has 1 N–H and O–H groups in total. The first-order valence-electron chi connectivity index (χ1n) is 8.58. The zero-order valence-electron chi connectivity index (χ0n) is 14.2. The largest absolute Gasteiger partial charge is 0.374 e. The van der Waals surface area contributed by atoms with E-state index in [1.165, 1.54) is 5.56 Å². The molecular formula is C19H23N3O2. The van der Waals surface area contributed by atoms with Gasteiger partial charge in [-0.2, -0.15) is 0 Å². The zero-order chi connectivity index (χ0) is 16.7. The molecule has 126 valence electrons. The van der Waals surface area contributed by atoms with Crippen LogP contribution in [0.15, 0.2) is 36.7 Å². The normalized spacial score (nSPS) is 28.2. The molecule has 0 radical (unpaired) electrons. The van der Waals surface area contributed by atoms with Crippen molar-refractivity contribution in [1.82, 2.24) is 9.55 Å². The van der Waals surface area contributed by atoms with E-state index in [0.29, 0.717) is 0 Å². The SMILES string of the molecule is Cc1nccn1Cc1ccc(NC(=O)C2(C)CC3CCC2O3)cc1. The summed E-state index contributed by atoms with van der Waals surface area (Å²) in [4.78, 5) is 16.9. The molecule has 24 heavy (non-hydrogen) atoms. The Hall–Kier alpha value is -2.14. The summed E-state index contributed by atoms with van der Waals surface area (Å²) in [6.45, 7) is 4.81. The highest BCUT2D eigenvalue weighted by molar-refractivity contribution is 5.95. The van der Waals surface area contributed by atoms with Gasteiger partial charge in [0.2, 0.25) is 5.91 Å². The molecule has 3 heterocycles. The molecule has 2 aliphatic rings. The fourth-order valence-corrected chi connectivity index (χ4v) is 3.90. The molecule has 1 amide bonds. The molecular weight excluding hydrogens is 302 g/mol. The fraction of sp³-hybridized carbons (Fsp3) is 0.474. The molecule has 3 unspecified atom stereocenters. The Bertz CT molecular complexity index is 752. The molecule has 1 aromatic carbocycles. The maximum Gasteiger partial charge on any atom is 0.233 e. The monoisotopic (exact) mass is 325 g/mol. The number of aryl methyl sites for hydroxylation is 1. The molecule has 2 fully saturated rings. The van der Waals surface area contributed by atoms with Gasteiger partial charge in [-0.3, -0.25) is 4.79 Å². The Balaban J connectivity index is 1.42. The number of anilines is 1. The number of fused-ring (bicyclic) bond motifs is 2. The van der Waals surface area contributed by atoms with Crippen LogP contribution in [0.4, 0.5) is 5.69 Å². The van der Waals surface area contributed by atoms with Crippen molar-refractivity contribution in [3.05, 3.63) is 48.0 Å². The number of ether oxygens (including phenoxy) is 1. The molecule has 1 aromatic heterocycles. The van der Waals surface area contributed by atoms with Crippen LogP contribution in [0, 0.1) is 12.3 Å². The smallest absolute Gasteiger partial charge is 0.233 e. The minimum atomic E-state index is -0.393. The van der Waals surface area contributed by atoms with Gasteiger partial charge >= 0.3 is 0 Å². The van der Waals surface area contributed by atoms with E-state index in [1.54, 1.807) is 0 Å². The highest BCUT2D eigenvalue weighted by Gasteiger charge is 2.53. The van der Waals surface area contributed by atoms with E-state index in [9.17, 15) is 4.79 Å². The van der Waals surface area contributed by atoms with E-state index in [1.807, 2.05) is 38.4 Å². The number of nitrogens with zero attached hydrogens (tertiary/aromatic N) is 2. The Morgan fingerprint density at radius 3 is 2.75 bits per heavy atom. The van der Waals surface area contributed by atoms with Crippen molar-refractivity contribution in [3.8, 4) is 0 Å². The average Bonchev–Trinajstić information content (AvgIpc) is 3.26. The summed E-state index contributed by atoms with van der Waals surface area (Å²) in [7, 11) is 0. The second-order valence-electron chi connectivity index (χ2n) is 7.20. The Labute approximate surface area is 142 Å². The van der Waals surface area contributed by atoms with Crippen LogP contribution in [-0.4, -0.2) is 27.7 Å². The number of benzene rings is 1. The van der Waals surface area contributed by atoms with Gasteiger partial charge < -0.3 is 14.6 Å². The molecule has 0 saturated carbocycles. The number of carbonyl (C=O) groups is 1. The minimum absolute atomic E-state index is 0.0750. The maximum absolute atomic E-state index is 12.7. The van der Waals surface area contributed by atoms with Crippen LogP contribution in [-0.2, 0) is 16.1 Å². The van der Waals surface area contributed by atoms with Gasteiger partial charge in [0.05, 0.1) is 17.6 Å². The number of carbonyl (C=O) groups excluding carboxylic acids is 1. The maximum atomic E-state index is 12.7. The van der Waals surface area contributed by atoms with Crippen molar-refractivity contribution < 1.29 is 9.53 Å². The van der Waals surface area contributed by atoms with Crippen LogP contribution in [0.1, 0.15) is 37.6 Å². The van der Waals surface area contributed by atoms with Crippen molar-refractivity contribution >= 4 is 11.6 Å². The second-order valence-corrected chi connectivity index (χ2v) is 7.20. The van der Waals surface area contributed by atoms with Gasteiger partial charge in [0.25, 0.3) is 0 Å². The third kappa shape index (κ3) is 2.63. The predicted octanol–water partition coefficient (Wildman–Crippen LogP) is 3.14. The van der Waals surface area contributed by atoms with Crippen LogP contribution < -0.4 is 5.32 Å². The van der Waals surface area contributed by atoms with Crippen molar-refractivity contribution in [2.24, 2.45) is 5.41 Å². The molecule has 0 spiro atoms. The van der Waals surface area contributed by atoms with E-state index in [0.717, 1.165) is 37.3 Å². The van der Waals surface area contributed by atoms with Gasteiger partial charge in [-0.25, -0.2) is 4.98 Å². The van der Waals surface area contributed by atoms with Crippen molar-refractivity contribution in [1.29, 1.82) is 0 Å². The molecule has 5 heteroatoms. The first-order chi connectivity index (χ1) is 11.5. The summed E-state index contributed by atoms with van der Waals surface area (Å²) in [5.74, 6) is 1.07. The van der Waals surface area contributed by atoms with Crippen molar-refractivity contribution in [3.63, 3.8) is 0 Å². The van der Waals surface area contributed by atoms with Crippen molar-refractivity contribution in [2.45, 2.75) is 51.9 Å². The lowest BCUT2D eigenvalue weighted by atomic mass is 9.75. The van der Waals surface area contributed by atoms with Crippen LogP contribution >= 0.6 is 0 Å². The number of amides is 1. The number of hydrogen-bond acceptors (Lipinski definition) is 3. The van der Waals surface area contributed by atoms with E-state index < -0.39 is 5.41 Å². The molecule has 2 saturated heterocycles. The summed E-state index contributed by atoms with van der Waals surface area (Å²) >= 11 is 0. The third-order valence-electron chi connectivity index (χ3n) is 5.48. The third-order valence-corrected chi connectivity index (χ3v) is 5.48. The molecule has 3 atom stereocenters. The predicted molar refractivity (Wildman–Crippen MR) is 91.8 cm³/mol. The Morgan fingerprint density at radius 2 is 2.17 bits per heavy atom. The Kier molecular flexibility index (Phi) is 3.68.